The average Bonchev–Trinajstić information content (AvgIpc) is 2.34. The second-order valence-corrected chi connectivity index (χ2v) is 5.88. The van der Waals surface area contributed by atoms with Gasteiger partial charge in [-0.1, -0.05) is 0 Å². The topological polar surface area (TPSA) is 84.5 Å². The standard InChI is InChI=1S/C12H18N2O4S/c1-4-18-13-12(15)10-5-7-11(8-6-10)19(16,17)14-9(2)3/h5-9,14H,4H2,1-3H3,(H,13,15). The lowest BCUT2D eigenvalue weighted by molar-refractivity contribution is 0.0364. The third-order valence-corrected chi connectivity index (χ3v) is 3.80. The Morgan fingerprint density at radius 1 is 1.26 bits per heavy atom. The molecule has 2 N–H and O–H groups in total. The minimum absolute atomic E-state index is 0.120. The molecular weight excluding hydrogens is 268 g/mol. The van der Waals surface area contributed by atoms with Gasteiger partial charge in [0, 0.05) is 11.6 Å². The fraction of sp³-hybridized carbons (Fsp3) is 0.417. The number of nitrogens with one attached hydrogen (secondary N) is 2. The normalized spacial score (nSPS) is 11.6. The number of carbonyl (C=O) groups excluding carboxylic acids is 1. The molecule has 6 nitrogen and oxygen atoms in total. The SMILES string of the molecule is CCONC(=O)c1ccc(S(=O)(=O)NC(C)C)cc1. The molecule has 19 heavy (non-hydrogen) atoms. The van der Waals surface area contributed by atoms with E-state index in [1.165, 1.54) is 24.3 Å². The Balaban J connectivity index is 2.85. The van der Waals surface area contributed by atoms with E-state index in [4.69, 9.17) is 4.84 Å². The summed E-state index contributed by atoms with van der Waals surface area (Å²) in [6.45, 7) is 5.58. The lowest BCUT2D eigenvalue weighted by atomic mass is 10.2. The van der Waals surface area contributed by atoms with E-state index in [0.29, 0.717) is 12.2 Å². The number of hydrogen-bond acceptors (Lipinski definition) is 4. The van der Waals surface area contributed by atoms with Crippen molar-refractivity contribution < 1.29 is 18.0 Å². The summed E-state index contributed by atoms with van der Waals surface area (Å²) in [5, 5.41) is 0. The van der Waals surface area contributed by atoms with Gasteiger partial charge in [0.25, 0.3) is 5.91 Å². The van der Waals surface area contributed by atoms with Crippen molar-refractivity contribution in [3.8, 4) is 0 Å². The number of carbonyl (C=O) groups is 1. The lowest BCUT2D eigenvalue weighted by Gasteiger charge is -2.10. The zero-order chi connectivity index (χ0) is 14.5. The van der Waals surface area contributed by atoms with Gasteiger partial charge in [0.15, 0.2) is 0 Å². The van der Waals surface area contributed by atoms with Crippen molar-refractivity contribution in [1.82, 2.24) is 10.2 Å². The smallest absolute Gasteiger partial charge is 0.274 e. The summed E-state index contributed by atoms with van der Waals surface area (Å²) in [7, 11) is -3.53. The molecule has 0 spiro atoms. The molecule has 0 radical (unpaired) electrons. The van der Waals surface area contributed by atoms with Crippen molar-refractivity contribution >= 4 is 15.9 Å². The van der Waals surface area contributed by atoms with Gasteiger partial charge in [0.2, 0.25) is 10.0 Å². The van der Waals surface area contributed by atoms with E-state index in [1.54, 1.807) is 20.8 Å². The molecule has 0 saturated carbocycles. The first kappa shape index (κ1) is 15.6. The molecule has 1 rings (SSSR count). The summed E-state index contributed by atoms with van der Waals surface area (Å²) < 4.78 is 26.2. The molecule has 0 unspecified atom stereocenters. The molecule has 0 aliphatic heterocycles. The zero-order valence-electron chi connectivity index (χ0n) is 11.1. The highest BCUT2D eigenvalue weighted by Crippen LogP contribution is 2.11. The van der Waals surface area contributed by atoms with Crippen LogP contribution in [0.25, 0.3) is 0 Å². The Hall–Kier alpha value is -1.44. The number of benzene rings is 1. The van der Waals surface area contributed by atoms with Crippen LogP contribution in [0.1, 0.15) is 31.1 Å². The zero-order valence-corrected chi connectivity index (χ0v) is 12.0. The maximum absolute atomic E-state index is 11.9. The summed E-state index contributed by atoms with van der Waals surface area (Å²) in [5.41, 5.74) is 2.57. The third kappa shape index (κ3) is 4.62. The second-order valence-electron chi connectivity index (χ2n) is 4.16. The first-order valence-electron chi connectivity index (χ1n) is 5.91. The van der Waals surface area contributed by atoms with Crippen LogP contribution in [0.2, 0.25) is 0 Å². The quantitative estimate of drug-likeness (QED) is 0.766. The molecule has 7 heteroatoms. The Morgan fingerprint density at radius 2 is 1.84 bits per heavy atom. The molecule has 0 saturated heterocycles. The van der Waals surface area contributed by atoms with Crippen LogP contribution in [-0.4, -0.2) is 27.0 Å². The maximum Gasteiger partial charge on any atom is 0.274 e. The van der Waals surface area contributed by atoms with Gasteiger partial charge in [-0.05, 0) is 45.0 Å². The van der Waals surface area contributed by atoms with Gasteiger partial charge in [-0.3, -0.25) is 9.63 Å². The van der Waals surface area contributed by atoms with Gasteiger partial charge < -0.3 is 0 Å². The van der Waals surface area contributed by atoms with Crippen molar-refractivity contribution in [2.24, 2.45) is 0 Å². The van der Waals surface area contributed by atoms with E-state index < -0.39 is 15.9 Å². The summed E-state index contributed by atoms with van der Waals surface area (Å²) in [6.07, 6.45) is 0. The van der Waals surface area contributed by atoms with Crippen LogP contribution in [0, 0.1) is 0 Å². The molecule has 1 aromatic rings. The predicted molar refractivity (Wildman–Crippen MR) is 71.0 cm³/mol. The van der Waals surface area contributed by atoms with Gasteiger partial charge in [0.05, 0.1) is 11.5 Å². The summed E-state index contributed by atoms with van der Waals surface area (Å²) >= 11 is 0. The first-order chi connectivity index (χ1) is 8.86. The van der Waals surface area contributed by atoms with Crippen molar-refractivity contribution in [2.45, 2.75) is 31.7 Å². The summed E-state index contributed by atoms with van der Waals surface area (Å²) in [4.78, 5) is 16.4. The maximum atomic E-state index is 11.9. The predicted octanol–water partition coefficient (Wildman–Crippen LogP) is 1.05. The molecule has 0 bridgehead atoms. The lowest BCUT2D eigenvalue weighted by Crippen LogP contribution is -2.30. The van der Waals surface area contributed by atoms with E-state index in [1.807, 2.05) is 0 Å². The van der Waals surface area contributed by atoms with Crippen LogP contribution in [0.5, 0.6) is 0 Å². The summed E-state index contributed by atoms with van der Waals surface area (Å²) in [5.74, 6) is -0.414. The van der Waals surface area contributed by atoms with Crippen LogP contribution in [0.3, 0.4) is 0 Å². The molecule has 0 atom stereocenters. The average molecular weight is 286 g/mol. The molecule has 0 aliphatic rings. The molecule has 1 amide bonds. The molecule has 0 heterocycles. The van der Waals surface area contributed by atoms with Crippen molar-refractivity contribution in [3.05, 3.63) is 29.8 Å². The molecule has 0 fully saturated rings. The van der Waals surface area contributed by atoms with Crippen LogP contribution in [0.15, 0.2) is 29.2 Å². The van der Waals surface area contributed by atoms with Gasteiger partial charge in [0.1, 0.15) is 0 Å². The molecule has 0 aromatic heterocycles. The highest BCUT2D eigenvalue weighted by molar-refractivity contribution is 7.89. The van der Waals surface area contributed by atoms with E-state index in [0.717, 1.165) is 0 Å². The number of sulfonamides is 1. The largest absolute Gasteiger partial charge is 0.274 e. The van der Waals surface area contributed by atoms with E-state index in [9.17, 15) is 13.2 Å². The highest BCUT2D eigenvalue weighted by atomic mass is 32.2. The Bertz CT molecular complexity index is 523. The molecule has 1 aromatic carbocycles. The minimum atomic E-state index is -3.53. The number of hydrogen-bond donors (Lipinski definition) is 2. The van der Waals surface area contributed by atoms with Crippen LogP contribution >= 0.6 is 0 Å². The van der Waals surface area contributed by atoms with E-state index in [-0.39, 0.29) is 10.9 Å². The Kier molecular flexibility index (Phi) is 5.46. The van der Waals surface area contributed by atoms with Gasteiger partial charge in [-0.15, -0.1) is 0 Å². The third-order valence-electron chi connectivity index (χ3n) is 2.13. The van der Waals surface area contributed by atoms with E-state index in [2.05, 4.69) is 10.2 Å². The van der Waals surface area contributed by atoms with Crippen LogP contribution in [0.4, 0.5) is 0 Å². The Morgan fingerprint density at radius 3 is 2.32 bits per heavy atom. The minimum Gasteiger partial charge on any atom is -0.274 e. The monoisotopic (exact) mass is 286 g/mol. The molecular formula is C12H18N2O4S. The molecule has 106 valence electrons. The molecule has 0 aliphatic carbocycles. The first-order valence-corrected chi connectivity index (χ1v) is 7.39. The van der Waals surface area contributed by atoms with Gasteiger partial charge in [-0.2, -0.15) is 0 Å². The van der Waals surface area contributed by atoms with Crippen molar-refractivity contribution in [3.63, 3.8) is 0 Å². The number of amides is 1. The van der Waals surface area contributed by atoms with Gasteiger partial charge >= 0.3 is 0 Å². The van der Waals surface area contributed by atoms with E-state index >= 15 is 0 Å². The highest BCUT2D eigenvalue weighted by Gasteiger charge is 2.15. The Labute approximate surface area is 113 Å². The second kappa shape index (κ2) is 6.65. The van der Waals surface area contributed by atoms with Crippen LogP contribution < -0.4 is 10.2 Å². The van der Waals surface area contributed by atoms with Crippen molar-refractivity contribution in [1.29, 1.82) is 0 Å². The number of rotatable bonds is 6. The van der Waals surface area contributed by atoms with Crippen LogP contribution in [-0.2, 0) is 14.9 Å². The van der Waals surface area contributed by atoms with Gasteiger partial charge in [-0.25, -0.2) is 18.6 Å². The fourth-order valence-electron chi connectivity index (χ4n) is 1.36. The fourth-order valence-corrected chi connectivity index (χ4v) is 2.61. The van der Waals surface area contributed by atoms with Crippen molar-refractivity contribution in [2.75, 3.05) is 6.61 Å². The number of hydroxylamine groups is 1. The summed E-state index contributed by atoms with van der Waals surface area (Å²) in [6, 6.07) is 5.44.